The van der Waals surface area contributed by atoms with E-state index >= 15 is 0 Å². The summed E-state index contributed by atoms with van der Waals surface area (Å²) in [6.07, 6.45) is 6.21. The third-order valence-corrected chi connectivity index (χ3v) is 2.29. The van der Waals surface area contributed by atoms with Crippen LogP contribution in [-0.4, -0.2) is 38.3 Å². The average molecular weight is 203 g/mol. The molecule has 0 amide bonds. The molecule has 2 nitrogen and oxygen atoms in total. The Morgan fingerprint density at radius 2 is 2.23 bits per heavy atom. The van der Waals surface area contributed by atoms with Crippen LogP contribution in [0.5, 0.6) is 0 Å². The Hall–Kier alpha value is 0.0100. The second kappa shape index (κ2) is 12.0. The fourth-order valence-electron chi connectivity index (χ4n) is 0.880. The van der Waals surface area contributed by atoms with E-state index in [-0.39, 0.29) is 0 Å². The molecule has 0 rings (SSSR count). The van der Waals surface area contributed by atoms with Gasteiger partial charge in [0.05, 0.1) is 13.2 Å². The standard InChI is InChI=1S/C10H21NOS/c1-3-4-8-12-9-7-11-6-5-10-13-2/h3,11H,1,4-10H2,2H3. The summed E-state index contributed by atoms with van der Waals surface area (Å²) in [6.45, 7) is 7.31. The molecule has 0 aromatic rings. The second-order valence-corrected chi connectivity index (χ2v) is 3.77. The number of nitrogens with one attached hydrogen (secondary N) is 1. The van der Waals surface area contributed by atoms with Crippen LogP contribution in [0.25, 0.3) is 0 Å². The normalized spacial score (nSPS) is 10.2. The highest BCUT2D eigenvalue weighted by Gasteiger charge is 1.88. The topological polar surface area (TPSA) is 21.3 Å². The highest BCUT2D eigenvalue weighted by atomic mass is 32.2. The van der Waals surface area contributed by atoms with Gasteiger partial charge >= 0.3 is 0 Å². The molecule has 0 aliphatic carbocycles. The van der Waals surface area contributed by atoms with Crippen molar-refractivity contribution in [2.75, 3.05) is 38.3 Å². The lowest BCUT2D eigenvalue weighted by Crippen LogP contribution is -2.21. The van der Waals surface area contributed by atoms with E-state index < -0.39 is 0 Å². The Morgan fingerprint density at radius 1 is 1.38 bits per heavy atom. The zero-order valence-electron chi connectivity index (χ0n) is 8.55. The maximum atomic E-state index is 5.34. The molecule has 0 fully saturated rings. The van der Waals surface area contributed by atoms with Gasteiger partial charge in [-0.05, 0) is 31.4 Å². The van der Waals surface area contributed by atoms with Gasteiger partial charge in [-0.15, -0.1) is 6.58 Å². The largest absolute Gasteiger partial charge is 0.380 e. The van der Waals surface area contributed by atoms with E-state index in [9.17, 15) is 0 Å². The van der Waals surface area contributed by atoms with Gasteiger partial charge in [-0.1, -0.05) is 6.08 Å². The smallest absolute Gasteiger partial charge is 0.0591 e. The van der Waals surface area contributed by atoms with Gasteiger partial charge in [-0.3, -0.25) is 0 Å². The van der Waals surface area contributed by atoms with Crippen LogP contribution >= 0.6 is 11.8 Å². The van der Waals surface area contributed by atoms with Gasteiger partial charge in [0, 0.05) is 6.54 Å². The number of thioether (sulfide) groups is 1. The molecule has 1 N–H and O–H groups in total. The Labute approximate surface area is 86.1 Å². The molecule has 0 radical (unpaired) electrons. The maximum absolute atomic E-state index is 5.34. The Morgan fingerprint density at radius 3 is 2.92 bits per heavy atom. The summed E-state index contributed by atoms with van der Waals surface area (Å²) in [5, 5.41) is 3.33. The van der Waals surface area contributed by atoms with Crippen molar-refractivity contribution in [2.45, 2.75) is 12.8 Å². The van der Waals surface area contributed by atoms with Crippen LogP contribution < -0.4 is 5.32 Å². The monoisotopic (exact) mass is 203 g/mol. The van der Waals surface area contributed by atoms with E-state index in [1.54, 1.807) is 0 Å². The molecule has 0 aliphatic rings. The summed E-state index contributed by atoms with van der Waals surface area (Å²) in [4.78, 5) is 0. The summed E-state index contributed by atoms with van der Waals surface area (Å²) in [6, 6.07) is 0. The van der Waals surface area contributed by atoms with Crippen molar-refractivity contribution in [3.05, 3.63) is 12.7 Å². The van der Waals surface area contributed by atoms with Crippen molar-refractivity contribution in [3.63, 3.8) is 0 Å². The third-order valence-electron chi connectivity index (χ3n) is 1.59. The molecular formula is C10H21NOS. The fourth-order valence-corrected chi connectivity index (χ4v) is 1.31. The predicted octanol–water partition coefficient (Wildman–Crippen LogP) is 1.92. The van der Waals surface area contributed by atoms with Crippen LogP contribution in [0.4, 0.5) is 0 Å². The third kappa shape index (κ3) is 12.0. The molecule has 0 bridgehead atoms. The first-order chi connectivity index (χ1) is 6.41. The van der Waals surface area contributed by atoms with Gasteiger partial charge in [-0.2, -0.15) is 11.8 Å². The molecule has 0 atom stereocenters. The number of hydrogen-bond acceptors (Lipinski definition) is 3. The molecule has 0 aromatic heterocycles. The van der Waals surface area contributed by atoms with E-state index in [2.05, 4.69) is 18.2 Å². The summed E-state index contributed by atoms with van der Waals surface area (Å²) < 4.78 is 5.34. The Kier molecular flexibility index (Phi) is 12.0. The van der Waals surface area contributed by atoms with Gasteiger partial charge in [-0.25, -0.2) is 0 Å². The lowest BCUT2D eigenvalue weighted by atomic mass is 10.4. The van der Waals surface area contributed by atoms with E-state index in [0.29, 0.717) is 0 Å². The zero-order chi connectivity index (χ0) is 9.78. The number of hydrogen-bond donors (Lipinski definition) is 1. The van der Waals surface area contributed by atoms with E-state index in [0.717, 1.165) is 32.7 Å². The molecule has 0 aliphatic heterocycles. The minimum atomic E-state index is 0.802. The first kappa shape index (κ1) is 13.0. The number of rotatable bonds is 10. The zero-order valence-corrected chi connectivity index (χ0v) is 9.37. The van der Waals surface area contributed by atoms with Crippen LogP contribution in [-0.2, 0) is 4.74 Å². The van der Waals surface area contributed by atoms with Gasteiger partial charge < -0.3 is 10.1 Å². The molecule has 78 valence electrons. The van der Waals surface area contributed by atoms with Crippen molar-refractivity contribution < 1.29 is 4.74 Å². The summed E-state index contributed by atoms with van der Waals surface area (Å²) in [5.41, 5.74) is 0. The lowest BCUT2D eigenvalue weighted by molar-refractivity contribution is 0.140. The van der Waals surface area contributed by atoms with Crippen molar-refractivity contribution in [3.8, 4) is 0 Å². The van der Waals surface area contributed by atoms with Gasteiger partial charge in [0.15, 0.2) is 0 Å². The molecule has 13 heavy (non-hydrogen) atoms. The van der Waals surface area contributed by atoms with Crippen molar-refractivity contribution in [2.24, 2.45) is 0 Å². The molecule has 0 spiro atoms. The van der Waals surface area contributed by atoms with Gasteiger partial charge in [0.2, 0.25) is 0 Å². The van der Waals surface area contributed by atoms with Crippen molar-refractivity contribution in [1.29, 1.82) is 0 Å². The molecule has 3 heteroatoms. The second-order valence-electron chi connectivity index (χ2n) is 2.79. The van der Waals surface area contributed by atoms with Crippen LogP contribution in [0.1, 0.15) is 12.8 Å². The van der Waals surface area contributed by atoms with Gasteiger partial charge in [0.1, 0.15) is 0 Å². The maximum Gasteiger partial charge on any atom is 0.0591 e. The lowest BCUT2D eigenvalue weighted by Gasteiger charge is -2.04. The molecule has 0 saturated heterocycles. The highest BCUT2D eigenvalue weighted by molar-refractivity contribution is 7.98. The quantitative estimate of drug-likeness (QED) is 0.433. The molecular weight excluding hydrogens is 182 g/mol. The van der Waals surface area contributed by atoms with E-state index in [1.807, 2.05) is 17.8 Å². The first-order valence-corrected chi connectivity index (χ1v) is 6.19. The molecule has 0 aromatic carbocycles. The summed E-state index contributed by atoms with van der Waals surface area (Å²) in [7, 11) is 0. The van der Waals surface area contributed by atoms with E-state index in [1.165, 1.54) is 12.2 Å². The highest BCUT2D eigenvalue weighted by Crippen LogP contribution is 1.92. The molecule has 0 heterocycles. The minimum Gasteiger partial charge on any atom is -0.380 e. The van der Waals surface area contributed by atoms with Gasteiger partial charge in [0.25, 0.3) is 0 Å². The summed E-state index contributed by atoms with van der Waals surface area (Å²) in [5.74, 6) is 1.24. The summed E-state index contributed by atoms with van der Waals surface area (Å²) >= 11 is 1.89. The van der Waals surface area contributed by atoms with Crippen molar-refractivity contribution in [1.82, 2.24) is 5.32 Å². The predicted molar refractivity (Wildman–Crippen MR) is 61.5 cm³/mol. The molecule has 0 saturated carbocycles. The average Bonchev–Trinajstić information content (AvgIpc) is 2.16. The van der Waals surface area contributed by atoms with Crippen molar-refractivity contribution >= 4 is 11.8 Å². The van der Waals surface area contributed by atoms with Crippen LogP contribution in [0, 0.1) is 0 Å². The Balaban J connectivity index is 2.79. The molecule has 0 unspecified atom stereocenters. The SMILES string of the molecule is C=CCCOCCNCCCSC. The number of ether oxygens (including phenoxy) is 1. The Bertz CT molecular complexity index is 109. The van der Waals surface area contributed by atoms with Crippen LogP contribution in [0.2, 0.25) is 0 Å². The first-order valence-electron chi connectivity index (χ1n) is 4.80. The van der Waals surface area contributed by atoms with E-state index in [4.69, 9.17) is 4.74 Å². The fraction of sp³-hybridized carbons (Fsp3) is 0.800. The van der Waals surface area contributed by atoms with Crippen LogP contribution in [0.15, 0.2) is 12.7 Å². The minimum absolute atomic E-state index is 0.802. The van der Waals surface area contributed by atoms with Crippen LogP contribution in [0.3, 0.4) is 0 Å².